The Morgan fingerprint density at radius 2 is 1.86 bits per heavy atom. The third-order valence-corrected chi connectivity index (χ3v) is 2.21. The van der Waals surface area contributed by atoms with Gasteiger partial charge in [0.15, 0.2) is 0 Å². The van der Waals surface area contributed by atoms with Gasteiger partial charge < -0.3 is 5.73 Å². The molecule has 0 fully saturated rings. The van der Waals surface area contributed by atoms with Gasteiger partial charge in [-0.2, -0.15) is 13.2 Å². The number of thioether (sulfide) groups is 1. The summed E-state index contributed by atoms with van der Waals surface area (Å²) in [6, 6.07) is 5.68. The number of nitrogen functional groups attached to an aromatic ring is 1. The number of hydrogen-bond acceptors (Lipinski definition) is 2. The Morgan fingerprint density at radius 1 is 1.29 bits per heavy atom. The van der Waals surface area contributed by atoms with Crippen LogP contribution in [0.4, 0.5) is 13.2 Å². The van der Waals surface area contributed by atoms with Crippen LogP contribution < -0.4 is 5.73 Å². The molecule has 76 valence electrons. The number of benzene rings is 1. The molecule has 0 atom stereocenters. The fraction of sp³-hybridized carbons (Fsp3) is 0.125. The van der Waals surface area contributed by atoms with Crippen molar-refractivity contribution in [1.82, 2.24) is 0 Å². The summed E-state index contributed by atoms with van der Waals surface area (Å²) in [6.45, 7) is 0. The van der Waals surface area contributed by atoms with Crippen molar-refractivity contribution in [1.29, 1.82) is 5.41 Å². The predicted octanol–water partition coefficient (Wildman–Crippen LogP) is 2.58. The normalized spacial score (nSPS) is 11.4. The Bertz CT molecular complexity index is 349. The van der Waals surface area contributed by atoms with Crippen LogP contribution in [0.1, 0.15) is 5.56 Å². The minimum atomic E-state index is -4.36. The number of rotatable bonds is 2. The van der Waals surface area contributed by atoms with Crippen LogP contribution in [0.25, 0.3) is 0 Å². The van der Waals surface area contributed by atoms with Crippen molar-refractivity contribution >= 4 is 17.6 Å². The molecule has 0 aliphatic rings. The first-order valence-corrected chi connectivity index (χ1v) is 4.41. The van der Waals surface area contributed by atoms with Crippen LogP contribution in [0.3, 0.4) is 0 Å². The Hall–Kier alpha value is -1.17. The lowest BCUT2D eigenvalue weighted by Crippen LogP contribution is -2.13. The van der Waals surface area contributed by atoms with Gasteiger partial charge in [0.1, 0.15) is 5.84 Å². The van der Waals surface area contributed by atoms with E-state index in [9.17, 15) is 13.2 Å². The number of amidine groups is 1. The minimum Gasteiger partial charge on any atom is -0.384 e. The van der Waals surface area contributed by atoms with Gasteiger partial charge in [-0.05, 0) is 17.8 Å². The molecule has 0 saturated carbocycles. The van der Waals surface area contributed by atoms with Gasteiger partial charge in [0.2, 0.25) is 0 Å². The zero-order chi connectivity index (χ0) is 10.8. The summed E-state index contributed by atoms with van der Waals surface area (Å²) < 4.78 is 36.1. The van der Waals surface area contributed by atoms with Crippen molar-refractivity contribution in [3.63, 3.8) is 0 Å². The van der Waals surface area contributed by atoms with E-state index in [1.165, 1.54) is 24.3 Å². The first-order valence-electron chi connectivity index (χ1n) is 3.59. The lowest BCUT2D eigenvalue weighted by molar-refractivity contribution is -0.0328. The van der Waals surface area contributed by atoms with E-state index >= 15 is 0 Å². The standard InChI is InChI=1S/C8H7F3N2S/c9-8(10,11)14-6-4-2-1-3-5(6)7(12)13/h1-4H,(H3,12,13). The zero-order valence-electron chi connectivity index (χ0n) is 6.93. The molecule has 1 aromatic carbocycles. The second-order valence-corrected chi connectivity index (χ2v) is 3.56. The van der Waals surface area contributed by atoms with Gasteiger partial charge in [0.25, 0.3) is 0 Å². The summed E-state index contributed by atoms with van der Waals surface area (Å²) in [5.74, 6) is -0.364. The van der Waals surface area contributed by atoms with Crippen LogP contribution in [0.5, 0.6) is 0 Å². The van der Waals surface area contributed by atoms with E-state index < -0.39 is 5.51 Å². The lowest BCUT2D eigenvalue weighted by atomic mass is 10.2. The van der Waals surface area contributed by atoms with Gasteiger partial charge in [-0.1, -0.05) is 18.2 Å². The summed E-state index contributed by atoms with van der Waals surface area (Å²) in [6.07, 6.45) is 0. The van der Waals surface area contributed by atoms with Crippen molar-refractivity contribution in [2.45, 2.75) is 10.4 Å². The summed E-state index contributed by atoms with van der Waals surface area (Å²) in [5, 5.41) is 7.08. The van der Waals surface area contributed by atoms with Crippen LogP contribution in [-0.2, 0) is 0 Å². The Labute approximate surface area is 82.8 Å². The van der Waals surface area contributed by atoms with Gasteiger partial charge in [0, 0.05) is 10.5 Å². The molecule has 0 radical (unpaired) electrons. The molecule has 6 heteroatoms. The molecular formula is C8H7F3N2S. The molecule has 0 unspecified atom stereocenters. The van der Waals surface area contributed by atoms with E-state index in [1.807, 2.05) is 0 Å². The topological polar surface area (TPSA) is 49.9 Å². The third kappa shape index (κ3) is 2.95. The molecule has 0 aromatic heterocycles. The number of nitrogens with one attached hydrogen (secondary N) is 1. The minimum absolute atomic E-state index is 0.0486. The molecule has 0 amide bonds. The number of halogens is 3. The molecule has 0 saturated heterocycles. The Kier molecular flexibility index (Phi) is 3.05. The van der Waals surface area contributed by atoms with Crippen LogP contribution in [0.2, 0.25) is 0 Å². The quantitative estimate of drug-likeness (QED) is 0.457. The summed E-state index contributed by atoms with van der Waals surface area (Å²) in [5.41, 5.74) is 0.887. The van der Waals surface area contributed by atoms with Crippen LogP contribution in [0, 0.1) is 5.41 Å². The van der Waals surface area contributed by atoms with E-state index in [1.54, 1.807) is 0 Å². The van der Waals surface area contributed by atoms with Crippen LogP contribution in [-0.4, -0.2) is 11.3 Å². The van der Waals surface area contributed by atoms with E-state index in [4.69, 9.17) is 11.1 Å². The first kappa shape index (κ1) is 10.9. The molecule has 0 bridgehead atoms. The number of nitrogens with two attached hydrogens (primary N) is 1. The van der Waals surface area contributed by atoms with Crippen molar-refractivity contribution in [2.75, 3.05) is 0 Å². The fourth-order valence-electron chi connectivity index (χ4n) is 0.903. The van der Waals surface area contributed by atoms with Gasteiger partial charge in [-0.15, -0.1) is 0 Å². The fourth-order valence-corrected chi connectivity index (χ4v) is 1.59. The summed E-state index contributed by atoms with van der Waals surface area (Å²) in [4.78, 5) is -0.0486. The molecule has 0 aliphatic heterocycles. The van der Waals surface area contributed by atoms with Gasteiger partial charge in [-0.25, -0.2) is 0 Å². The Morgan fingerprint density at radius 3 is 2.36 bits per heavy atom. The molecule has 0 heterocycles. The molecule has 3 N–H and O–H groups in total. The molecule has 1 aromatic rings. The monoisotopic (exact) mass is 220 g/mol. The average Bonchev–Trinajstić information content (AvgIpc) is 2.01. The maximum Gasteiger partial charge on any atom is 0.446 e. The highest BCUT2D eigenvalue weighted by Gasteiger charge is 2.30. The molecule has 1 rings (SSSR count). The predicted molar refractivity (Wildman–Crippen MR) is 49.4 cm³/mol. The molecule has 14 heavy (non-hydrogen) atoms. The van der Waals surface area contributed by atoms with Crippen molar-refractivity contribution < 1.29 is 13.2 Å². The molecule has 2 nitrogen and oxygen atoms in total. The Balaban J connectivity index is 3.02. The van der Waals surface area contributed by atoms with Gasteiger partial charge in [-0.3, -0.25) is 5.41 Å². The van der Waals surface area contributed by atoms with Crippen LogP contribution >= 0.6 is 11.8 Å². The summed E-state index contributed by atoms with van der Waals surface area (Å²) in [7, 11) is 0. The van der Waals surface area contributed by atoms with Crippen molar-refractivity contribution in [3.8, 4) is 0 Å². The first-order chi connectivity index (χ1) is 6.40. The maximum absolute atomic E-state index is 12.0. The highest BCUT2D eigenvalue weighted by Crippen LogP contribution is 2.38. The molecular weight excluding hydrogens is 213 g/mol. The maximum atomic E-state index is 12.0. The van der Waals surface area contributed by atoms with E-state index in [-0.39, 0.29) is 28.1 Å². The number of hydrogen-bond donors (Lipinski definition) is 2. The molecule has 0 spiro atoms. The van der Waals surface area contributed by atoms with E-state index in [0.29, 0.717) is 0 Å². The van der Waals surface area contributed by atoms with Gasteiger partial charge >= 0.3 is 5.51 Å². The zero-order valence-corrected chi connectivity index (χ0v) is 7.75. The van der Waals surface area contributed by atoms with Crippen molar-refractivity contribution in [3.05, 3.63) is 29.8 Å². The second-order valence-electron chi connectivity index (χ2n) is 2.46. The smallest absolute Gasteiger partial charge is 0.384 e. The highest BCUT2D eigenvalue weighted by atomic mass is 32.2. The third-order valence-electron chi connectivity index (χ3n) is 1.40. The average molecular weight is 220 g/mol. The lowest BCUT2D eigenvalue weighted by Gasteiger charge is -2.09. The van der Waals surface area contributed by atoms with Gasteiger partial charge in [0.05, 0.1) is 0 Å². The van der Waals surface area contributed by atoms with E-state index in [2.05, 4.69) is 0 Å². The van der Waals surface area contributed by atoms with Crippen LogP contribution in [0.15, 0.2) is 29.2 Å². The SMILES string of the molecule is N=C(N)c1ccccc1SC(F)(F)F. The number of alkyl halides is 3. The largest absolute Gasteiger partial charge is 0.446 e. The summed E-state index contributed by atoms with van der Waals surface area (Å²) >= 11 is -0.265. The highest BCUT2D eigenvalue weighted by molar-refractivity contribution is 8.00. The molecule has 0 aliphatic carbocycles. The van der Waals surface area contributed by atoms with E-state index in [0.717, 1.165) is 0 Å². The van der Waals surface area contributed by atoms with Crippen molar-refractivity contribution in [2.24, 2.45) is 5.73 Å². The second kappa shape index (κ2) is 3.91.